The molecule has 0 spiro atoms. The summed E-state index contributed by atoms with van der Waals surface area (Å²) in [4.78, 5) is 19.5. The lowest BCUT2D eigenvalue weighted by atomic mass is 9.96. The summed E-state index contributed by atoms with van der Waals surface area (Å²) in [5, 5.41) is 8.20. The van der Waals surface area contributed by atoms with E-state index in [9.17, 15) is 17.6 Å². The number of carbonyl (C=O) groups is 1. The number of pyridine rings is 1. The van der Waals surface area contributed by atoms with Gasteiger partial charge < -0.3 is 15.0 Å². The molecule has 2 fully saturated rings. The van der Waals surface area contributed by atoms with Gasteiger partial charge in [0.2, 0.25) is 10.0 Å². The van der Waals surface area contributed by atoms with Crippen LogP contribution in [0, 0.1) is 5.82 Å². The Labute approximate surface area is 207 Å². The van der Waals surface area contributed by atoms with E-state index in [1.54, 1.807) is 19.9 Å². The van der Waals surface area contributed by atoms with Gasteiger partial charge in [0.1, 0.15) is 22.3 Å². The highest BCUT2D eigenvalue weighted by Crippen LogP contribution is 2.39. The number of carbonyl (C=O) groups excluding carboxylic acids is 1. The normalized spacial score (nSPS) is 22.5. The fraction of sp³-hybridized carbons (Fsp3) is 0.455. The maximum atomic E-state index is 13.8. The third-order valence-electron chi connectivity index (χ3n) is 6.27. The number of primary sulfonamides is 1. The second kappa shape index (κ2) is 9.14. The van der Waals surface area contributed by atoms with Gasteiger partial charge in [-0.2, -0.15) is 0 Å². The lowest BCUT2D eigenvalue weighted by Crippen LogP contribution is -2.55. The number of nitrogens with zero attached hydrogens (tertiary/aromatic N) is 2. The van der Waals surface area contributed by atoms with Crippen molar-refractivity contribution in [3.05, 3.63) is 46.3 Å². The highest BCUT2D eigenvalue weighted by molar-refractivity contribution is 7.89. The van der Waals surface area contributed by atoms with Crippen LogP contribution < -0.4 is 20.1 Å². The van der Waals surface area contributed by atoms with Gasteiger partial charge in [-0.15, -0.1) is 0 Å². The smallest absolute Gasteiger partial charge is 0.263 e. The molecule has 184 valence electrons. The van der Waals surface area contributed by atoms with Crippen molar-refractivity contribution in [1.82, 2.24) is 10.3 Å². The van der Waals surface area contributed by atoms with Gasteiger partial charge in [-0.05, 0) is 57.7 Å². The third-order valence-corrected chi connectivity index (χ3v) is 7.75. The molecule has 0 saturated carbocycles. The van der Waals surface area contributed by atoms with Crippen LogP contribution >= 0.6 is 23.2 Å². The van der Waals surface area contributed by atoms with E-state index in [1.165, 1.54) is 18.3 Å². The molecular formula is C22H25Cl2FN4O4S. The summed E-state index contributed by atoms with van der Waals surface area (Å²) in [5.74, 6) is -0.306. The second-order valence-electron chi connectivity index (χ2n) is 9.14. The Hall–Kier alpha value is -2.14. The number of halogens is 3. The summed E-state index contributed by atoms with van der Waals surface area (Å²) in [7, 11) is -3.80. The summed E-state index contributed by atoms with van der Waals surface area (Å²) in [5.41, 5.74) is -1.30. The van der Waals surface area contributed by atoms with Crippen LogP contribution in [-0.2, 0) is 14.8 Å². The topological polar surface area (TPSA) is 115 Å². The Morgan fingerprint density at radius 3 is 2.41 bits per heavy atom. The molecule has 2 aromatic rings. The van der Waals surface area contributed by atoms with E-state index < -0.39 is 21.4 Å². The molecule has 2 bridgehead atoms. The van der Waals surface area contributed by atoms with Crippen molar-refractivity contribution in [3.8, 4) is 5.75 Å². The molecule has 4 rings (SSSR count). The SMILES string of the molecule is CC(C)(Oc1cc(F)c(Cl)cc1Cl)C(=O)NC1C[C@H]2CC[C@@H](C1)N2c1ccc(S(N)(=O)=O)cn1. The molecule has 12 heteroatoms. The first kappa shape index (κ1) is 25.0. The monoisotopic (exact) mass is 530 g/mol. The number of anilines is 1. The zero-order chi connectivity index (χ0) is 24.8. The Kier molecular flexibility index (Phi) is 6.71. The number of benzene rings is 1. The minimum atomic E-state index is -3.80. The first-order valence-corrected chi connectivity index (χ1v) is 13.1. The molecule has 2 aliphatic heterocycles. The molecule has 0 radical (unpaired) electrons. The maximum absolute atomic E-state index is 13.8. The highest BCUT2D eigenvalue weighted by Gasteiger charge is 2.43. The molecule has 3 heterocycles. The van der Waals surface area contributed by atoms with E-state index in [4.69, 9.17) is 33.1 Å². The molecule has 0 aliphatic carbocycles. The number of hydrogen-bond acceptors (Lipinski definition) is 6. The number of piperidine rings is 1. The summed E-state index contributed by atoms with van der Waals surface area (Å²) in [6.45, 7) is 3.18. The van der Waals surface area contributed by atoms with Gasteiger partial charge in [0, 0.05) is 30.4 Å². The van der Waals surface area contributed by atoms with Crippen LogP contribution in [0.4, 0.5) is 10.2 Å². The molecule has 1 aromatic heterocycles. The Morgan fingerprint density at radius 1 is 1.21 bits per heavy atom. The van der Waals surface area contributed by atoms with E-state index in [0.717, 1.165) is 18.9 Å². The van der Waals surface area contributed by atoms with E-state index in [-0.39, 0.29) is 44.7 Å². The lowest BCUT2D eigenvalue weighted by Gasteiger charge is -2.40. The van der Waals surface area contributed by atoms with Crippen LogP contribution in [0.2, 0.25) is 10.0 Å². The van der Waals surface area contributed by atoms with Crippen LogP contribution in [0.3, 0.4) is 0 Å². The minimum absolute atomic E-state index is 0.0337. The minimum Gasteiger partial charge on any atom is -0.476 e. The van der Waals surface area contributed by atoms with Crippen LogP contribution in [0.15, 0.2) is 35.4 Å². The van der Waals surface area contributed by atoms with Gasteiger partial charge in [0.25, 0.3) is 5.91 Å². The Balaban J connectivity index is 1.42. The molecular weight excluding hydrogens is 506 g/mol. The molecule has 34 heavy (non-hydrogen) atoms. The van der Waals surface area contributed by atoms with Crippen LogP contribution in [0.25, 0.3) is 0 Å². The van der Waals surface area contributed by atoms with Crippen molar-refractivity contribution in [1.29, 1.82) is 0 Å². The van der Waals surface area contributed by atoms with Crippen molar-refractivity contribution in [3.63, 3.8) is 0 Å². The van der Waals surface area contributed by atoms with E-state index in [0.29, 0.717) is 18.7 Å². The van der Waals surface area contributed by atoms with Crippen molar-refractivity contribution >= 4 is 45.0 Å². The summed E-state index contributed by atoms with van der Waals surface area (Å²) in [6.07, 6.45) is 4.55. The van der Waals surface area contributed by atoms with Gasteiger partial charge in [-0.1, -0.05) is 23.2 Å². The van der Waals surface area contributed by atoms with Crippen molar-refractivity contribution in [2.24, 2.45) is 5.14 Å². The highest BCUT2D eigenvalue weighted by atomic mass is 35.5. The number of aromatic nitrogens is 1. The van der Waals surface area contributed by atoms with Crippen molar-refractivity contribution in [2.75, 3.05) is 4.90 Å². The average Bonchev–Trinajstić information content (AvgIpc) is 3.01. The van der Waals surface area contributed by atoms with Gasteiger partial charge in [0.05, 0.1) is 10.0 Å². The van der Waals surface area contributed by atoms with Gasteiger partial charge >= 0.3 is 0 Å². The molecule has 1 amide bonds. The molecule has 8 nitrogen and oxygen atoms in total. The summed E-state index contributed by atoms with van der Waals surface area (Å²) >= 11 is 11.8. The summed E-state index contributed by atoms with van der Waals surface area (Å²) < 4.78 is 42.6. The first-order chi connectivity index (χ1) is 15.8. The van der Waals surface area contributed by atoms with E-state index in [1.807, 2.05) is 0 Å². The Morgan fingerprint density at radius 2 is 1.85 bits per heavy atom. The molecule has 3 atom stereocenters. The third kappa shape index (κ3) is 5.10. The van der Waals surface area contributed by atoms with Crippen molar-refractivity contribution in [2.45, 2.75) is 68.2 Å². The second-order valence-corrected chi connectivity index (χ2v) is 11.5. The molecule has 2 aliphatic rings. The number of sulfonamides is 1. The predicted octanol–water partition coefficient (Wildman–Crippen LogP) is 3.65. The largest absolute Gasteiger partial charge is 0.476 e. The fourth-order valence-electron chi connectivity index (χ4n) is 4.63. The number of hydrogen-bond donors (Lipinski definition) is 2. The number of fused-ring (bicyclic) bond motifs is 2. The van der Waals surface area contributed by atoms with Gasteiger partial charge in [-0.25, -0.2) is 22.9 Å². The number of ether oxygens (including phenoxy) is 1. The molecule has 2 saturated heterocycles. The zero-order valence-corrected chi connectivity index (χ0v) is 20.9. The molecule has 3 N–H and O–H groups in total. The van der Waals surface area contributed by atoms with Gasteiger partial charge in [-0.3, -0.25) is 4.79 Å². The molecule has 1 unspecified atom stereocenters. The van der Waals surface area contributed by atoms with E-state index >= 15 is 0 Å². The van der Waals surface area contributed by atoms with Gasteiger partial charge in [0.15, 0.2) is 5.60 Å². The molecule has 1 aromatic carbocycles. The van der Waals surface area contributed by atoms with Crippen LogP contribution in [-0.4, -0.2) is 43.0 Å². The van der Waals surface area contributed by atoms with Crippen LogP contribution in [0.1, 0.15) is 39.5 Å². The van der Waals surface area contributed by atoms with Crippen molar-refractivity contribution < 1.29 is 22.3 Å². The first-order valence-electron chi connectivity index (χ1n) is 10.8. The standard InChI is InChI=1S/C22H25Cl2FN4O4S/c1-22(2,33-19-10-18(25)16(23)9-17(19)24)21(30)28-12-7-13-3-4-14(8-12)29(13)20-6-5-15(11-27-20)34(26,31)32/h5-6,9-14H,3-4,7-8H2,1-2H3,(H,28,30)(H2,26,31,32)/t12?,13-,14+. The predicted molar refractivity (Wildman–Crippen MR) is 127 cm³/mol. The number of nitrogens with one attached hydrogen (secondary N) is 1. The number of amides is 1. The zero-order valence-electron chi connectivity index (χ0n) is 18.6. The maximum Gasteiger partial charge on any atom is 0.263 e. The Bertz CT molecular complexity index is 1200. The van der Waals surface area contributed by atoms with E-state index in [2.05, 4.69) is 15.2 Å². The number of nitrogens with two attached hydrogens (primary N) is 1. The lowest BCUT2D eigenvalue weighted by molar-refractivity contribution is -0.135. The average molecular weight is 531 g/mol. The fourth-order valence-corrected chi connectivity index (χ4v) is 5.50. The summed E-state index contributed by atoms with van der Waals surface area (Å²) in [6, 6.07) is 5.64. The van der Waals surface area contributed by atoms with Crippen LogP contribution in [0.5, 0.6) is 5.75 Å². The quantitative estimate of drug-likeness (QED) is 0.550. The number of rotatable bonds is 6.